The Labute approximate surface area is 100 Å². The zero-order valence-corrected chi connectivity index (χ0v) is 10.9. The molecule has 0 saturated heterocycles. The summed E-state index contributed by atoms with van der Waals surface area (Å²) in [4.78, 5) is 5.55. The maximum absolute atomic E-state index is 5.84. The number of hydrogen-bond donors (Lipinski definition) is 1. The number of furan rings is 1. The Bertz CT molecular complexity index is 475. The van der Waals surface area contributed by atoms with Gasteiger partial charge in [0.1, 0.15) is 0 Å². The van der Waals surface area contributed by atoms with Crippen molar-refractivity contribution in [1.82, 2.24) is 4.98 Å². The molecule has 0 aliphatic heterocycles. The van der Waals surface area contributed by atoms with Gasteiger partial charge in [-0.15, -0.1) is 11.3 Å². The van der Waals surface area contributed by atoms with Crippen molar-refractivity contribution in [2.24, 2.45) is 5.73 Å². The number of aromatic nitrogens is 1. The van der Waals surface area contributed by atoms with Crippen molar-refractivity contribution < 1.29 is 4.42 Å². The van der Waals surface area contributed by atoms with E-state index in [1.165, 1.54) is 0 Å². The minimum atomic E-state index is 0.0228. The van der Waals surface area contributed by atoms with Crippen LogP contribution >= 0.6 is 27.3 Å². The zero-order valence-electron chi connectivity index (χ0n) is 8.45. The summed E-state index contributed by atoms with van der Waals surface area (Å²) in [5.41, 5.74) is 6.83. The largest absolute Gasteiger partial charge is 0.447 e. The predicted molar refractivity (Wildman–Crippen MR) is 64.9 cm³/mol. The minimum absolute atomic E-state index is 0.0228. The first-order chi connectivity index (χ1) is 7.08. The molecular weight excluding hydrogens is 276 g/mol. The Hall–Kier alpha value is -0.650. The second-order valence-electron chi connectivity index (χ2n) is 3.36. The molecule has 0 spiro atoms. The topological polar surface area (TPSA) is 52.0 Å². The average molecular weight is 287 g/mol. The Kier molecular flexibility index (Phi) is 2.95. The first kappa shape index (κ1) is 10.9. The lowest BCUT2D eigenvalue weighted by atomic mass is 10.2. The van der Waals surface area contributed by atoms with Gasteiger partial charge < -0.3 is 10.2 Å². The molecule has 2 aromatic rings. The molecule has 1 unspecified atom stereocenters. The van der Waals surface area contributed by atoms with Crippen LogP contribution < -0.4 is 5.73 Å². The second kappa shape index (κ2) is 4.08. The summed E-state index contributed by atoms with van der Waals surface area (Å²) in [6, 6.07) is 3.78. The Morgan fingerprint density at radius 2 is 2.27 bits per heavy atom. The Morgan fingerprint density at radius 3 is 2.73 bits per heavy atom. The van der Waals surface area contributed by atoms with Crippen molar-refractivity contribution in [3.8, 4) is 10.8 Å². The smallest absolute Gasteiger partial charge is 0.170 e. The van der Waals surface area contributed by atoms with Crippen molar-refractivity contribution in [3.05, 3.63) is 27.4 Å². The lowest BCUT2D eigenvalue weighted by Crippen LogP contribution is -2.03. The molecule has 2 N–H and O–H groups in total. The third kappa shape index (κ3) is 2.14. The van der Waals surface area contributed by atoms with E-state index >= 15 is 0 Å². The standard InChI is InChI=1S/C10H11BrN2OS/c1-5(12)9-6(2)13-10(15-9)7-3-4-8(11)14-7/h3-5H,12H2,1-2H3. The fourth-order valence-corrected chi connectivity index (χ4v) is 2.65. The first-order valence-corrected chi connectivity index (χ1v) is 6.17. The zero-order chi connectivity index (χ0) is 11.0. The van der Waals surface area contributed by atoms with Crippen molar-refractivity contribution >= 4 is 27.3 Å². The SMILES string of the molecule is Cc1nc(-c2ccc(Br)o2)sc1C(C)N. The Balaban J connectivity index is 2.42. The molecule has 0 radical (unpaired) electrons. The van der Waals surface area contributed by atoms with E-state index in [-0.39, 0.29) is 6.04 Å². The normalized spacial score (nSPS) is 13.1. The highest BCUT2D eigenvalue weighted by Gasteiger charge is 2.14. The highest BCUT2D eigenvalue weighted by Crippen LogP contribution is 2.32. The number of thiazole rings is 1. The summed E-state index contributed by atoms with van der Waals surface area (Å²) < 4.78 is 6.16. The van der Waals surface area contributed by atoms with Gasteiger partial charge >= 0.3 is 0 Å². The lowest BCUT2D eigenvalue weighted by molar-refractivity contribution is 0.555. The van der Waals surface area contributed by atoms with Crippen LogP contribution in [0.2, 0.25) is 0 Å². The molecule has 0 amide bonds. The van der Waals surface area contributed by atoms with Crippen LogP contribution in [0.25, 0.3) is 10.8 Å². The second-order valence-corrected chi connectivity index (χ2v) is 5.17. The van der Waals surface area contributed by atoms with E-state index in [2.05, 4.69) is 20.9 Å². The number of hydrogen-bond acceptors (Lipinski definition) is 4. The third-order valence-corrected chi connectivity index (χ3v) is 3.83. The van der Waals surface area contributed by atoms with Gasteiger partial charge in [0.15, 0.2) is 15.4 Å². The van der Waals surface area contributed by atoms with Gasteiger partial charge in [-0.3, -0.25) is 0 Å². The van der Waals surface area contributed by atoms with Gasteiger partial charge in [0.05, 0.1) is 5.69 Å². The van der Waals surface area contributed by atoms with Crippen LogP contribution in [0.3, 0.4) is 0 Å². The summed E-state index contributed by atoms with van der Waals surface area (Å²) in [5, 5.41) is 0.880. The van der Waals surface area contributed by atoms with Crippen LogP contribution in [-0.4, -0.2) is 4.98 Å². The maximum atomic E-state index is 5.84. The highest BCUT2D eigenvalue weighted by atomic mass is 79.9. The van der Waals surface area contributed by atoms with Crippen LogP contribution in [0.5, 0.6) is 0 Å². The molecule has 15 heavy (non-hydrogen) atoms. The number of rotatable bonds is 2. The molecule has 2 heterocycles. The number of nitrogens with zero attached hydrogens (tertiary/aromatic N) is 1. The van der Waals surface area contributed by atoms with Gasteiger partial charge in [0.2, 0.25) is 0 Å². The fraction of sp³-hybridized carbons (Fsp3) is 0.300. The summed E-state index contributed by atoms with van der Waals surface area (Å²) in [5.74, 6) is 0.780. The number of aryl methyl sites for hydroxylation is 1. The molecule has 2 aromatic heterocycles. The van der Waals surface area contributed by atoms with Gasteiger partial charge in [-0.1, -0.05) is 0 Å². The van der Waals surface area contributed by atoms with E-state index in [0.717, 1.165) is 21.3 Å². The molecule has 0 aliphatic rings. The first-order valence-electron chi connectivity index (χ1n) is 4.56. The predicted octanol–water partition coefficient (Wildman–Crippen LogP) is 3.49. The average Bonchev–Trinajstić information content (AvgIpc) is 2.71. The van der Waals surface area contributed by atoms with Crippen LogP contribution in [0.1, 0.15) is 23.5 Å². The Morgan fingerprint density at radius 1 is 1.53 bits per heavy atom. The molecule has 80 valence electrons. The van der Waals surface area contributed by atoms with Gasteiger partial charge in [-0.05, 0) is 41.9 Å². The van der Waals surface area contributed by atoms with E-state index in [9.17, 15) is 0 Å². The lowest BCUT2D eigenvalue weighted by Gasteiger charge is -1.99. The van der Waals surface area contributed by atoms with E-state index in [1.807, 2.05) is 26.0 Å². The van der Waals surface area contributed by atoms with Crippen LogP contribution in [-0.2, 0) is 0 Å². The maximum Gasteiger partial charge on any atom is 0.170 e. The van der Waals surface area contributed by atoms with Crippen molar-refractivity contribution in [3.63, 3.8) is 0 Å². The van der Waals surface area contributed by atoms with Crippen LogP contribution in [0, 0.1) is 6.92 Å². The number of halogens is 1. The molecule has 1 atom stereocenters. The van der Waals surface area contributed by atoms with E-state index < -0.39 is 0 Å². The fourth-order valence-electron chi connectivity index (χ4n) is 1.37. The summed E-state index contributed by atoms with van der Waals surface area (Å²) >= 11 is 4.85. The molecule has 0 fully saturated rings. The highest BCUT2D eigenvalue weighted by molar-refractivity contribution is 9.10. The molecular formula is C10H11BrN2OS. The van der Waals surface area contributed by atoms with Crippen molar-refractivity contribution in [2.45, 2.75) is 19.9 Å². The van der Waals surface area contributed by atoms with Crippen LogP contribution in [0.15, 0.2) is 21.2 Å². The summed E-state index contributed by atoms with van der Waals surface area (Å²) in [6.07, 6.45) is 0. The molecule has 2 rings (SSSR count). The molecule has 3 nitrogen and oxygen atoms in total. The van der Waals surface area contributed by atoms with Gasteiger partial charge in [0, 0.05) is 10.9 Å². The van der Waals surface area contributed by atoms with Gasteiger partial charge in [-0.25, -0.2) is 4.98 Å². The van der Waals surface area contributed by atoms with Crippen LogP contribution in [0.4, 0.5) is 0 Å². The minimum Gasteiger partial charge on any atom is -0.447 e. The molecule has 0 bridgehead atoms. The van der Waals surface area contributed by atoms with E-state index in [0.29, 0.717) is 4.67 Å². The quantitative estimate of drug-likeness (QED) is 0.919. The van der Waals surface area contributed by atoms with Gasteiger partial charge in [0.25, 0.3) is 0 Å². The van der Waals surface area contributed by atoms with Crippen molar-refractivity contribution in [2.75, 3.05) is 0 Å². The van der Waals surface area contributed by atoms with E-state index in [4.69, 9.17) is 10.2 Å². The van der Waals surface area contributed by atoms with Crippen molar-refractivity contribution in [1.29, 1.82) is 0 Å². The molecule has 0 aliphatic carbocycles. The molecule has 0 aromatic carbocycles. The van der Waals surface area contributed by atoms with Gasteiger partial charge in [-0.2, -0.15) is 0 Å². The monoisotopic (exact) mass is 286 g/mol. The number of nitrogens with two attached hydrogens (primary N) is 1. The van der Waals surface area contributed by atoms with E-state index in [1.54, 1.807) is 11.3 Å². The molecule has 5 heteroatoms. The summed E-state index contributed by atoms with van der Waals surface area (Å²) in [7, 11) is 0. The third-order valence-electron chi connectivity index (χ3n) is 2.03. The molecule has 0 saturated carbocycles. The summed E-state index contributed by atoms with van der Waals surface area (Å²) in [6.45, 7) is 3.93.